The molecule has 0 unspecified atom stereocenters. The highest BCUT2D eigenvalue weighted by Crippen LogP contribution is 2.27. The topological polar surface area (TPSA) is 50.9 Å². The highest BCUT2D eigenvalue weighted by Gasteiger charge is 2.18. The predicted molar refractivity (Wildman–Crippen MR) is 82.1 cm³/mol. The minimum Gasteiger partial charge on any atom is -0.381 e. The molecule has 3 rings (SSSR count). The first kappa shape index (κ1) is 12.9. The van der Waals surface area contributed by atoms with E-state index in [1.807, 2.05) is 12.1 Å². The van der Waals surface area contributed by atoms with Gasteiger partial charge < -0.3 is 11.1 Å². The highest BCUT2D eigenvalue weighted by molar-refractivity contribution is 9.10. The number of rotatable bonds is 2. The van der Waals surface area contributed by atoms with E-state index in [0.29, 0.717) is 12.1 Å². The van der Waals surface area contributed by atoms with E-state index in [-0.39, 0.29) is 0 Å². The summed E-state index contributed by atoms with van der Waals surface area (Å²) in [4.78, 5) is 4.35. The smallest absolute Gasteiger partial charge is 0.0724 e. The van der Waals surface area contributed by atoms with Gasteiger partial charge in [0.25, 0.3) is 0 Å². The summed E-state index contributed by atoms with van der Waals surface area (Å²) < 4.78 is 1.06. The average Bonchev–Trinajstić information content (AvgIpc) is 2.42. The Labute approximate surface area is 121 Å². The Bertz CT molecular complexity index is 577. The van der Waals surface area contributed by atoms with Gasteiger partial charge in [0.1, 0.15) is 0 Å². The molecule has 1 aromatic carbocycles. The molecule has 0 atom stereocenters. The lowest BCUT2D eigenvalue weighted by Crippen LogP contribution is -2.32. The van der Waals surface area contributed by atoms with Gasteiger partial charge in [-0.25, -0.2) is 0 Å². The van der Waals surface area contributed by atoms with Crippen molar-refractivity contribution in [2.24, 2.45) is 5.73 Å². The van der Waals surface area contributed by atoms with Crippen molar-refractivity contribution in [2.75, 3.05) is 5.32 Å². The molecule has 0 spiro atoms. The van der Waals surface area contributed by atoms with Gasteiger partial charge in [0.15, 0.2) is 0 Å². The number of nitrogens with two attached hydrogens (primary N) is 1. The summed E-state index contributed by atoms with van der Waals surface area (Å²) in [6.45, 7) is 0. The van der Waals surface area contributed by atoms with Crippen molar-refractivity contribution in [3.8, 4) is 0 Å². The summed E-state index contributed by atoms with van der Waals surface area (Å²) in [6, 6.07) is 10.2. The van der Waals surface area contributed by atoms with Crippen LogP contribution in [0.1, 0.15) is 25.7 Å². The molecule has 1 heterocycles. The van der Waals surface area contributed by atoms with Crippen LogP contribution in [-0.4, -0.2) is 17.1 Å². The SMILES string of the molecule is NC1CCC(Nc2[c]cnc3ccc(Br)cc23)CC1. The Kier molecular flexibility index (Phi) is 3.71. The van der Waals surface area contributed by atoms with E-state index in [0.717, 1.165) is 46.7 Å². The molecular formula is C15H17BrN3. The van der Waals surface area contributed by atoms with Crippen molar-refractivity contribution in [3.05, 3.63) is 34.9 Å². The molecule has 2 aromatic rings. The molecule has 1 fully saturated rings. The molecule has 3 nitrogen and oxygen atoms in total. The van der Waals surface area contributed by atoms with Crippen molar-refractivity contribution < 1.29 is 0 Å². The number of aromatic nitrogens is 1. The zero-order valence-electron chi connectivity index (χ0n) is 10.7. The predicted octanol–water partition coefficient (Wildman–Crippen LogP) is 3.48. The van der Waals surface area contributed by atoms with E-state index < -0.39 is 0 Å². The van der Waals surface area contributed by atoms with E-state index in [1.54, 1.807) is 6.20 Å². The number of pyridine rings is 1. The number of fused-ring (bicyclic) bond motifs is 1. The van der Waals surface area contributed by atoms with E-state index in [4.69, 9.17) is 5.73 Å². The lowest BCUT2D eigenvalue weighted by Gasteiger charge is -2.27. The van der Waals surface area contributed by atoms with Gasteiger partial charge in [-0.1, -0.05) is 15.9 Å². The van der Waals surface area contributed by atoms with Gasteiger partial charge in [0.05, 0.1) is 11.2 Å². The Balaban J connectivity index is 1.86. The molecule has 4 heteroatoms. The Morgan fingerprint density at radius 3 is 2.84 bits per heavy atom. The molecule has 19 heavy (non-hydrogen) atoms. The van der Waals surface area contributed by atoms with Crippen molar-refractivity contribution in [1.29, 1.82) is 0 Å². The number of halogens is 1. The van der Waals surface area contributed by atoms with Crippen molar-refractivity contribution in [3.63, 3.8) is 0 Å². The fourth-order valence-corrected chi connectivity index (χ4v) is 3.01. The second-order valence-electron chi connectivity index (χ2n) is 5.20. The van der Waals surface area contributed by atoms with Gasteiger partial charge in [-0.3, -0.25) is 4.98 Å². The number of nitrogens with zero attached hydrogens (tertiary/aromatic N) is 1. The average molecular weight is 319 g/mol. The molecule has 1 aliphatic carbocycles. The van der Waals surface area contributed by atoms with E-state index in [1.165, 1.54) is 0 Å². The summed E-state index contributed by atoms with van der Waals surface area (Å²) in [5, 5.41) is 4.72. The van der Waals surface area contributed by atoms with Crippen LogP contribution in [0.3, 0.4) is 0 Å². The molecule has 1 aromatic heterocycles. The third kappa shape index (κ3) is 2.90. The summed E-state index contributed by atoms with van der Waals surface area (Å²) in [5.41, 5.74) is 7.99. The van der Waals surface area contributed by atoms with Crippen LogP contribution >= 0.6 is 15.9 Å². The second-order valence-corrected chi connectivity index (χ2v) is 6.11. The number of benzene rings is 1. The number of nitrogens with one attached hydrogen (secondary N) is 1. The molecule has 1 aliphatic rings. The standard InChI is InChI=1S/C15H17BrN3/c16-10-1-6-14-13(9-10)15(7-8-18-14)19-12-4-2-11(17)3-5-12/h1,6,8-9,11-12H,2-5,17H2,(H,18,19). The second kappa shape index (κ2) is 5.47. The van der Waals surface area contributed by atoms with Crippen LogP contribution in [0.25, 0.3) is 10.9 Å². The molecular weight excluding hydrogens is 302 g/mol. The molecule has 3 N–H and O–H groups in total. The van der Waals surface area contributed by atoms with Crippen molar-refractivity contribution >= 4 is 32.5 Å². The Morgan fingerprint density at radius 1 is 1.26 bits per heavy atom. The fourth-order valence-electron chi connectivity index (χ4n) is 2.65. The minimum atomic E-state index is 0.380. The maximum atomic E-state index is 5.95. The quantitative estimate of drug-likeness (QED) is 0.891. The first-order valence-corrected chi connectivity index (χ1v) is 7.50. The number of hydrogen-bond donors (Lipinski definition) is 2. The van der Waals surface area contributed by atoms with Crippen molar-refractivity contribution in [1.82, 2.24) is 4.98 Å². The normalized spacial score (nSPS) is 23.5. The van der Waals surface area contributed by atoms with E-state index in [9.17, 15) is 0 Å². The summed E-state index contributed by atoms with van der Waals surface area (Å²) in [6.07, 6.45) is 6.21. The lowest BCUT2D eigenvalue weighted by atomic mass is 9.91. The third-order valence-electron chi connectivity index (χ3n) is 3.76. The van der Waals surface area contributed by atoms with Crippen LogP contribution in [-0.2, 0) is 0 Å². The molecule has 0 bridgehead atoms. The van der Waals surface area contributed by atoms with E-state index in [2.05, 4.69) is 38.4 Å². The largest absolute Gasteiger partial charge is 0.381 e. The first-order chi connectivity index (χ1) is 9.22. The maximum absolute atomic E-state index is 5.95. The minimum absolute atomic E-state index is 0.380. The van der Waals surface area contributed by atoms with Crippen LogP contribution in [0.15, 0.2) is 28.9 Å². The number of hydrogen-bond acceptors (Lipinski definition) is 3. The Morgan fingerprint density at radius 2 is 2.05 bits per heavy atom. The zero-order chi connectivity index (χ0) is 13.2. The van der Waals surface area contributed by atoms with Gasteiger partial charge in [0.2, 0.25) is 0 Å². The summed E-state index contributed by atoms with van der Waals surface area (Å²) >= 11 is 3.51. The molecule has 0 aliphatic heterocycles. The molecule has 0 amide bonds. The van der Waals surface area contributed by atoms with Gasteiger partial charge in [-0.15, -0.1) is 0 Å². The highest BCUT2D eigenvalue weighted by atomic mass is 79.9. The van der Waals surface area contributed by atoms with Gasteiger partial charge in [-0.2, -0.15) is 0 Å². The fraction of sp³-hybridized carbons (Fsp3) is 0.400. The first-order valence-electron chi connectivity index (χ1n) is 6.70. The van der Waals surface area contributed by atoms with Crippen LogP contribution < -0.4 is 11.1 Å². The lowest BCUT2D eigenvalue weighted by molar-refractivity contribution is 0.411. The van der Waals surface area contributed by atoms with Crippen LogP contribution in [0.4, 0.5) is 5.69 Å². The maximum Gasteiger partial charge on any atom is 0.0724 e. The summed E-state index contributed by atoms with van der Waals surface area (Å²) in [7, 11) is 0. The van der Waals surface area contributed by atoms with E-state index >= 15 is 0 Å². The molecule has 1 saturated carbocycles. The summed E-state index contributed by atoms with van der Waals surface area (Å²) in [5.74, 6) is 0. The monoisotopic (exact) mass is 318 g/mol. The number of anilines is 1. The molecule has 1 radical (unpaired) electrons. The van der Waals surface area contributed by atoms with Crippen LogP contribution in [0.5, 0.6) is 0 Å². The third-order valence-corrected chi connectivity index (χ3v) is 4.25. The van der Waals surface area contributed by atoms with Crippen LogP contribution in [0.2, 0.25) is 0 Å². The molecule has 99 valence electrons. The van der Waals surface area contributed by atoms with Gasteiger partial charge in [-0.05, 0) is 43.9 Å². The van der Waals surface area contributed by atoms with Crippen molar-refractivity contribution in [2.45, 2.75) is 37.8 Å². The molecule has 0 saturated heterocycles. The van der Waals surface area contributed by atoms with Gasteiger partial charge >= 0.3 is 0 Å². The van der Waals surface area contributed by atoms with Gasteiger partial charge in [0, 0.05) is 34.2 Å². The Hall–Kier alpha value is -1.13. The zero-order valence-corrected chi connectivity index (χ0v) is 12.3. The van der Waals surface area contributed by atoms with Crippen LogP contribution in [0, 0.1) is 6.07 Å².